The van der Waals surface area contributed by atoms with Crippen LogP contribution in [0.15, 0.2) is 24.7 Å². The minimum absolute atomic E-state index is 0.0693. The van der Waals surface area contributed by atoms with Crippen molar-refractivity contribution in [2.75, 3.05) is 18.0 Å². The molecule has 1 aliphatic rings. The summed E-state index contributed by atoms with van der Waals surface area (Å²) in [6.07, 6.45) is 5.83. The Labute approximate surface area is 129 Å². The fourth-order valence-corrected chi connectivity index (χ4v) is 2.63. The third-order valence-corrected chi connectivity index (χ3v) is 3.51. The lowest BCUT2D eigenvalue weighted by Crippen LogP contribution is -2.40. The van der Waals surface area contributed by atoms with Gasteiger partial charge in [-0.3, -0.25) is 0 Å². The molecule has 0 bridgehead atoms. The summed E-state index contributed by atoms with van der Waals surface area (Å²) in [5.41, 5.74) is 0.494. The summed E-state index contributed by atoms with van der Waals surface area (Å²) >= 11 is 0. The summed E-state index contributed by atoms with van der Waals surface area (Å²) in [6, 6.07) is 2.01. The molecule has 3 heterocycles. The minimum Gasteiger partial charge on any atom is -0.444 e. The molecule has 0 saturated carbocycles. The summed E-state index contributed by atoms with van der Waals surface area (Å²) < 4.78 is 7.10. The summed E-state index contributed by atoms with van der Waals surface area (Å²) in [5.74, 6) is 0.897. The second-order valence-corrected chi connectivity index (χ2v) is 6.49. The van der Waals surface area contributed by atoms with Gasteiger partial charge in [-0.2, -0.15) is 5.10 Å². The van der Waals surface area contributed by atoms with Crippen molar-refractivity contribution in [2.45, 2.75) is 38.8 Å². The molecular formula is C15H21N5O2. The molecule has 3 rings (SSSR count). The first-order valence-electron chi connectivity index (χ1n) is 7.45. The van der Waals surface area contributed by atoms with E-state index in [1.165, 1.54) is 0 Å². The van der Waals surface area contributed by atoms with Crippen LogP contribution in [0.4, 0.5) is 10.6 Å². The molecule has 1 amide bonds. The maximum atomic E-state index is 11.8. The van der Waals surface area contributed by atoms with Gasteiger partial charge >= 0.3 is 6.09 Å². The van der Waals surface area contributed by atoms with Gasteiger partial charge in [-0.05, 0) is 33.3 Å². The van der Waals surface area contributed by atoms with Crippen molar-refractivity contribution in [3.05, 3.63) is 24.7 Å². The first kappa shape index (κ1) is 14.6. The summed E-state index contributed by atoms with van der Waals surface area (Å²) in [7, 11) is 0. The predicted molar refractivity (Wildman–Crippen MR) is 83.0 cm³/mol. The van der Waals surface area contributed by atoms with Gasteiger partial charge in [0.05, 0.1) is 12.2 Å². The number of nitrogens with one attached hydrogen (secondary N) is 1. The monoisotopic (exact) mass is 303 g/mol. The number of hydrogen-bond acceptors (Lipinski definition) is 5. The molecule has 0 aromatic carbocycles. The minimum atomic E-state index is -0.479. The van der Waals surface area contributed by atoms with Gasteiger partial charge < -0.3 is 15.0 Å². The van der Waals surface area contributed by atoms with Gasteiger partial charge in [0.1, 0.15) is 11.1 Å². The smallest absolute Gasteiger partial charge is 0.407 e. The highest BCUT2D eigenvalue weighted by Gasteiger charge is 2.27. The largest absolute Gasteiger partial charge is 0.444 e. The number of rotatable bonds is 2. The Bertz CT molecular complexity index is 676. The maximum absolute atomic E-state index is 11.8. The standard InChI is InChI=1S/C15H21N5O2/c1-15(2,3)22-14(21)18-11-5-8-19(10-11)13-12-4-6-17-20(12)9-7-16-13/h4,6-7,9,11H,5,8,10H2,1-3H3,(H,18,21). The predicted octanol–water partition coefficient (Wildman–Crippen LogP) is 1.83. The SMILES string of the molecule is CC(C)(C)OC(=O)NC1CCN(c2nccn3nccc23)C1. The van der Waals surface area contributed by atoms with E-state index in [4.69, 9.17) is 4.74 Å². The number of aromatic nitrogens is 3. The van der Waals surface area contributed by atoms with Crippen LogP contribution < -0.4 is 10.2 Å². The number of carbonyl (C=O) groups is 1. The normalized spacial score (nSPS) is 18.7. The molecule has 1 fully saturated rings. The number of fused-ring (bicyclic) bond motifs is 1. The van der Waals surface area contributed by atoms with Crippen LogP contribution in [0.5, 0.6) is 0 Å². The second-order valence-electron chi connectivity index (χ2n) is 6.49. The van der Waals surface area contributed by atoms with Crippen LogP contribution in [0.25, 0.3) is 5.52 Å². The number of amides is 1. The molecule has 0 radical (unpaired) electrons. The average Bonchev–Trinajstić information content (AvgIpc) is 3.04. The van der Waals surface area contributed by atoms with Crippen LogP contribution in [-0.2, 0) is 4.74 Å². The Kier molecular flexibility index (Phi) is 3.64. The van der Waals surface area contributed by atoms with Gasteiger partial charge in [-0.1, -0.05) is 0 Å². The summed E-state index contributed by atoms with van der Waals surface area (Å²) in [5, 5.41) is 7.14. The van der Waals surface area contributed by atoms with Crippen LogP contribution >= 0.6 is 0 Å². The Morgan fingerprint density at radius 2 is 2.23 bits per heavy atom. The lowest BCUT2D eigenvalue weighted by molar-refractivity contribution is 0.0509. The molecule has 0 spiro atoms. The van der Waals surface area contributed by atoms with E-state index in [1.807, 2.05) is 33.0 Å². The number of ether oxygens (including phenoxy) is 1. The van der Waals surface area contributed by atoms with E-state index in [9.17, 15) is 4.79 Å². The molecular weight excluding hydrogens is 282 g/mol. The average molecular weight is 303 g/mol. The number of carbonyl (C=O) groups excluding carboxylic acids is 1. The molecule has 1 unspecified atom stereocenters. The van der Waals surface area contributed by atoms with E-state index in [2.05, 4.69) is 20.3 Å². The molecule has 2 aromatic heterocycles. The zero-order valence-electron chi connectivity index (χ0n) is 13.1. The third kappa shape index (κ3) is 3.13. The molecule has 1 N–H and O–H groups in total. The van der Waals surface area contributed by atoms with Crippen molar-refractivity contribution in [3.63, 3.8) is 0 Å². The highest BCUT2D eigenvalue weighted by Crippen LogP contribution is 2.22. The Hall–Kier alpha value is -2.31. The molecule has 0 aliphatic carbocycles. The van der Waals surface area contributed by atoms with Crippen molar-refractivity contribution < 1.29 is 9.53 Å². The third-order valence-electron chi connectivity index (χ3n) is 3.51. The molecule has 22 heavy (non-hydrogen) atoms. The van der Waals surface area contributed by atoms with Crippen LogP contribution in [0.3, 0.4) is 0 Å². The maximum Gasteiger partial charge on any atom is 0.407 e. The van der Waals surface area contributed by atoms with E-state index in [0.717, 1.165) is 30.8 Å². The van der Waals surface area contributed by atoms with Crippen LogP contribution in [0.2, 0.25) is 0 Å². The highest BCUT2D eigenvalue weighted by atomic mass is 16.6. The van der Waals surface area contributed by atoms with Crippen molar-refractivity contribution in [1.29, 1.82) is 0 Å². The van der Waals surface area contributed by atoms with E-state index < -0.39 is 5.60 Å². The van der Waals surface area contributed by atoms with Gasteiger partial charge in [0, 0.05) is 25.5 Å². The lowest BCUT2D eigenvalue weighted by atomic mass is 10.2. The molecule has 1 aliphatic heterocycles. The number of nitrogens with zero attached hydrogens (tertiary/aromatic N) is 4. The number of hydrogen-bond donors (Lipinski definition) is 1. The van der Waals surface area contributed by atoms with Gasteiger partial charge in [-0.25, -0.2) is 14.3 Å². The van der Waals surface area contributed by atoms with Crippen molar-refractivity contribution in [1.82, 2.24) is 19.9 Å². The quantitative estimate of drug-likeness (QED) is 0.916. The van der Waals surface area contributed by atoms with Gasteiger partial charge in [0.2, 0.25) is 0 Å². The van der Waals surface area contributed by atoms with Crippen LogP contribution in [0, 0.1) is 0 Å². The van der Waals surface area contributed by atoms with Crippen molar-refractivity contribution in [2.24, 2.45) is 0 Å². The van der Waals surface area contributed by atoms with E-state index >= 15 is 0 Å². The molecule has 118 valence electrons. The highest BCUT2D eigenvalue weighted by molar-refractivity contribution is 5.70. The Morgan fingerprint density at radius 1 is 1.41 bits per heavy atom. The molecule has 7 heteroatoms. The van der Waals surface area contributed by atoms with Gasteiger partial charge in [-0.15, -0.1) is 0 Å². The van der Waals surface area contributed by atoms with Crippen molar-refractivity contribution >= 4 is 17.4 Å². The topological polar surface area (TPSA) is 71.8 Å². The van der Waals surface area contributed by atoms with Crippen LogP contribution in [0.1, 0.15) is 27.2 Å². The molecule has 1 atom stereocenters. The lowest BCUT2D eigenvalue weighted by Gasteiger charge is -2.22. The van der Waals surface area contributed by atoms with E-state index in [-0.39, 0.29) is 12.1 Å². The second kappa shape index (κ2) is 5.47. The molecule has 2 aromatic rings. The Balaban J connectivity index is 1.65. The van der Waals surface area contributed by atoms with Gasteiger partial charge in [0.15, 0.2) is 5.82 Å². The van der Waals surface area contributed by atoms with Crippen LogP contribution in [-0.4, -0.2) is 45.4 Å². The first-order chi connectivity index (χ1) is 10.4. The first-order valence-corrected chi connectivity index (χ1v) is 7.45. The van der Waals surface area contributed by atoms with E-state index in [0.29, 0.717) is 0 Å². The Morgan fingerprint density at radius 3 is 3.00 bits per heavy atom. The zero-order valence-corrected chi connectivity index (χ0v) is 13.1. The summed E-state index contributed by atoms with van der Waals surface area (Å²) in [6.45, 7) is 7.14. The fraction of sp³-hybridized carbons (Fsp3) is 0.533. The van der Waals surface area contributed by atoms with Crippen molar-refractivity contribution in [3.8, 4) is 0 Å². The zero-order chi connectivity index (χ0) is 15.7. The number of anilines is 1. The number of alkyl carbamates (subject to hydrolysis) is 1. The van der Waals surface area contributed by atoms with E-state index in [1.54, 1.807) is 16.9 Å². The molecule has 1 saturated heterocycles. The van der Waals surface area contributed by atoms with Gasteiger partial charge in [0.25, 0.3) is 0 Å². The molecule has 7 nitrogen and oxygen atoms in total. The summed E-state index contributed by atoms with van der Waals surface area (Å²) in [4.78, 5) is 18.5. The fourth-order valence-electron chi connectivity index (χ4n) is 2.63.